The quantitative estimate of drug-likeness (QED) is 0.922. The summed E-state index contributed by atoms with van der Waals surface area (Å²) in [5.74, 6) is -0.416. The van der Waals surface area contributed by atoms with Crippen molar-refractivity contribution in [3.05, 3.63) is 48.0 Å². The summed E-state index contributed by atoms with van der Waals surface area (Å²) in [6, 6.07) is 5.81. The number of anilines is 1. The Hall–Kier alpha value is -2.30. The number of aliphatic carboxylic acids is 1. The molecule has 0 saturated heterocycles. The molecule has 0 saturated carbocycles. The first kappa shape index (κ1) is 14.6. The summed E-state index contributed by atoms with van der Waals surface area (Å²) in [5.41, 5.74) is 3.56. The first-order chi connectivity index (χ1) is 10.6. The van der Waals surface area contributed by atoms with Crippen LogP contribution in [0.5, 0.6) is 0 Å². The second kappa shape index (κ2) is 5.83. The molecule has 2 atom stereocenters. The van der Waals surface area contributed by atoms with E-state index in [2.05, 4.69) is 34.7 Å². The Morgan fingerprint density at radius 1 is 1.50 bits per heavy atom. The molecule has 0 radical (unpaired) electrons. The zero-order valence-corrected chi connectivity index (χ0v) is 12.9. The SMILES string of the molecule is Cc1ccc2c(c1)C(CCn1ccnc1)CN2C(C)C(=O)O. The number of rotatable bonds is 5. The number of hydrogen-bond donors (Lipinski definition) is 1. The summed E-state index contributed by atoms with van der Waals surface area (Å²) in [4.78, 5) is 17.4. The molecule has 5 heteroatoms. The largest absolute Gasteiger partial charge is 0.480 e. The minimum absolute atomic E-state index is 0.360. The van der Waals surface area contributed by atoms with Crippen molar-refractivity contribution in [1.29, 1.82) is 0 Å². The molecule has 22 heavy (non-hydrogen) atoms. The Morgan fingerprint density at radius 2 is 2.32 bits per heavy atom. The van der Waals surface area contributed by atoms with Gasteiger partial charge in [-0.3, -0.25) is 0 Å². The Morgan fingerprint density at radius 3 is 3.00 bits per heavy atom. The highest BCUT2D eigenvalue weighted by Gasteiger charge is 2.33. The summed E-state index contributed by atoms with van der Waals surface area (Å²) < 4.78 is 2.07. The van der Waals surface area contributed by atoms with Crippen molar-refractivity contribution < 1.29 is 9.90 Å². The molecule has 2 heterocycles. The predicted octanol–water partition coefficient (Wildman–Crippen LogP) is 2.66. The van der Waals surface area contributed by atoms with Crippen LogP contribution in [-0.2, 0) is 11.3 Å². The molecule has 1 aromatic heterocycles. The van der Waals surface area contributed by atoms with Crippen LogP contribution in [0.15, 0.2) is 36.9 Å². The number of carbonyl (C=O) groups is 1. The number of carboxylic acids is 1. The third-order valence-corrected chi connectivity index (χ3v) is 4.47. The maximum atomic E-state index is 11.4. The smallest absolute Gasteiger partial charge is 0.326 e. The van der Waals surface area contributed by atoms with E-state index in [0.717, 1.165) is 25.2 Å². The van der Waals surface area contributed by atoms with E-state index in [1.54, 1.807) is 13.1 Å². The molecule has 2 unspecified atom stereocenters. The summed E-state index contributed by atoms with van der Waals surface area (Å²) in [6.45, 7) is 5.50. The summed E-state index contributed by atoms with van der Waals surface area (Å²) in [7, 11) is 0. The highest BCUT2D eigenvalue weighted by Crippen LogP contribution is 2.40. The fraction of sp³-hybridized carbons (Fsp3) is 0.412. The van der Waals surface area contributed by atoms with Crippen LogP contribution >= 0.6 is 0 Å². The van der Waals surface area contributed by atoms with Crippen LogP contribution in [0, 0.1) is 6.92 Å². The second-order valence-corrected chi connectivity index (χ2v) is 6.01. The first-order valence-electron chi connectivity index (χ1n) is 7.62. The van der Waals surface area contributed by atoms with Crippen molar-refractivity contribution in [1.82, 2.24) is 9.55 Å². The monoisotopic (exact) mass is 299 g/mol. The van der Waals surface area contributed by atoms with Crippen LogP contribution in [0.25, 0.3) is 0 Å². The number of benzene rings is 1. The molecule has 1 aromatic carbocycles. The molecule has 5 nitrogen and oxygen atoms in total. The molecular weight excluding hydrogens is 278 g/mol. The minimum atomic E-state index is -0.776. The van der Waals surface area contributed by atoms with Crippen LogP contribution in [0.4, 0.5) is 5.69 Å². The highest BCUT2D eigenvalue weighted by atomic mass is 16.4. The van der Waals surface area contributed by atoms with Gasteiger partial charge in [0.15, 0.2) is 0 Å². The Labute approximate surface area is 130 Å². The van der Waals surface area contributed by atoms with Gasteiger partial charge in [-0.2, -0.15) is 0 Å². The summed E-state index contributed by atoms with van der Waals surface area (Å²) in [6.07, 6.45) is 6.55. The molecule has 116 valence electrons. The number of fused-ring (bicyclic) bond motifs is 1. The van der Waals surface area contributed by atoms with Gasteiger partial charge in [0, 0.05) is 37.1 Å². The third kappa shape index (κ3) is 2.71. The minimum Gasteiger partial charge on any atom is -0.480 e. The fourth-order valence-corrected chi connectivity index (χ4v) is 3.17. The van der Waals surface area contributed by atoms with Gasteiger partial charge >= 0.3 is 5.97 Å². The van der Waals surface area contributed by atoms with Gasteiger partial charge in [-0.25, -0.2) is 9.78 Å². The lowest BCUT2D eigenvalue weighted by atomic mass is 9.96. The Bertz CT molecular complexity index is 667. The molecule has 1 N–H and O–H groups in total. The molecule has 1 aliphatic rings. The van der Waals surface area contributed by atoms with Crippen LogP contribution in [0.3, 0.4) is 0 Å². The molecule has 0 bridgehead atoms. The van der Waals surface area contributed by atoms with E-state index in [0.29, 0.717) is 5.92 Å². The maximum absolute atomic E-state index is 11.4. The molecule has 0 amide bonds. The average Bonchev–Trinajstić information content (AvgIpc) is 3.11. The Balaban J connectivity index is 1.83. The zero-order chi connectivity index (χ0) is 15.7. The van der Waals surface area contributed by atoms with Gasteiger partial charge in [0.25, 0.3) is 0 Å². The van der Waals surface area contributed by atoms with Gasteiger partial charge < -0.3 is 14.6 Å². The van der Waals surface area contributed by atoms with E-state index in [4.69, 9.17) is 0 Å². The molecule has 2 aromatic rings. The lowest BCUT2D eigenvalue weighted by molar-refractivity contribution is -0.138. The number of nitrogens with zero attached hydrogens (tertiary/aromatic N) is 3. The zero-order valence-electron chi connectivity index (χ0n) is 12.9. The number of hydrogen-bond acceptors (Lipinski definition) is 3. The first-order valence-corrected chi connectivity index (χ1v) is 7.62. The van der Waals surface area contributed by atoms with Crippen molar-refractivity contribution in [2.24, 2.45) is 0 Å². The van der Waals surface area contributed by atoms with E-state index in [1.807, 2.05) is 17.4 Å². The molecule has 0 aliphatic carbocycles. The Kier molecular flexibility index (Phi) is 3.88. The number of carboxylic acid groups (broad SMARTS) is 1. The van der Waals surface area contributed by atoms with Crippen molar-refractivity contribution in [3.63, 3.8) is 0 Å². The lowest BCUT2D eigenvalue weighted by Gasteiger charge is -2.24. The average molecular weight is 299 g/mol. The maximum Gasteiger partial charge on any atom is 0.326 e. The van der Waals surface area contributed by atoms with E-state index in [9.17, 15) is 9.90 Å². The number of imidazole rings is 1. The van der Waals surface area contributed by atoms with E-state index in [-0.39, 0.29) is 0 Å². The van der Waals surface area contributed by atoms with Crippen LogP contribution in [0.2, 0.25) is 0 Å². The summed E-state index contributed by atoms with van der Waals surface area (Å²) in [5, 5.41) is 9.33. The van der Waals surface area contributed by atoms with Gasteiger partial charge in [-0.05, 0) is 31.9 Å². The van der Waals surface area contributed by atoms with E-state index in [1.165, 1.54) is 11.1 Å². The van der Waals surface area contributed by atoms with Crippen LogP contribution < -0.4 is 4.90 Å². The van der Waals surface area contributed by atoms with Gasteiger partial charge in [0.2, 0.25) is 0 Å². The highest BCUT2D eigenvalue weighted by molar-refractivity contribution is 5.79. The molecule has 0 fully saturated rings. The molecule has 1 aliphatic heterocycles. The van der Waals surface area contributed by atoms with Gasteiger partial charge in [0.05, 0.1) is 6.33 Å². The standard InChI is InChI=1S/C17H21N3O2/c1-12-3-4-16-15(9-12)14(5-7-19-8-6-18-11-19)10-20(16)13(2)17(21)22/h3-4,6,8-9,11,13-14H,5,7,10H2,1-2H3,(H,21,22). The molecular formula is C17H21N3O2. The molecule has 0 spiro atoms. The fourth-order valence-electron chi connectivity index (χ4n) is 3.17. The second-order valence-electron chi connectivity index (χ2n) is 6.01. The van der Waals surface area contributed by atoms with E-state index < -0.39 is 12.0 Å². The van der Waals surface area contributed by atoms with Crippen molar-refractivity contribution in [2.75, 3.05) is 11.4 Å². The van der Waals surface area contributed by atoms with Gasteiger partial charge in [-0.1, -0.05) is 17.7 Å². The van der Waals surface area contributed by atoms with Gasteiger partial charge in [0.1, 0.15) is 6.04 Å². The topological polar surface area (TPSA) is 58.4 Å². The van der Waals surface area contributed by atoms with Crippen LogP contribution in [-0.4, -0.2) is 33.2 Å². The van der Waals surface area contributed by atoms with E-state index >= 15 is 0 Å². The number of aromatic nitrogens is 2. The lowest BCUT2D eigenvalue weighted by Crippen LogP contribution is -2.38. The molecule has 3 rings (SSSR count). The van der Waals surface area contributed by atoms with Gasteiger partial charge in [-0.15, -0.1) is 0 Å². The summed E-state index contributed by atoms with van der Waals surface area (Å²) >= 11 is 0. The number of aryl methyl sites for hydroxylation is 2. The van der Waals surface area contributed by atoms with Crippen molar-refractivity contribution in [3.8, 4) is 0 Å². The van der Waals surface area contributed by atoms with Crippen molar-refractivity contribution in [2.45, 2.75) is 38.8 Å². The van der Waals surface area contributed by atoms with Crippen LogP contribution in [0.1, 0.15) is 30.4 Å². The van der Waals surface area contributed by atoms with Crippen molar-refractivity contribution >= 4 is 11.7 Å². The third-order valence-electron chi connectivity index (χ3n) is 4.47. The predicted molar refractivity (Wildman–Crippen MR) is 85.2 cm³/mol. The normalized spacial score (nSPS) is 18.3.